The van der Waals surface area contributed by atoms with Gasteiger partial charge >= 0.3 is 6.18 Å². The van der Waals surface area contributed by atoms with Crippen molar-refractivity contribution in [3.63, 3.8) is 0 Å². The smallest absolute Gasteiger partial charge is 0.333 e. The van der Waals surface area contributed by atoms with E-state index in [4.69, 9.17) is 11.6 Å². The zero-order valence-electron chi connectivity index (χ0n) is 9.44. The maximum atomic E-state index is 12.1. The van der Waals surface area contributed by atoms with Gasteiger partial charge in [0.05, 0.1) is 10.5 Å². The topological polar surface area (TPSA) is 76.3 Å². The van der Waals surface area contributed by atoms with E-state index >= 15 is 0 Å². The van der Waals surface area contributed by atoms with Gasteiger partial charge in [-0.3, -0.25) is 14.9 Å². The third-order valence-electron chi connectivity index (χ3n) is 2.03. The molecule has 0 atom stereocenters. The van der Waals surface area contributed by atoms with Gasteiger partial charge in [-0.15, -0.1) is 0 Å². The van der Waals surface area contributed by atoms with Crippen molar-refractivity contribution >= 4 is 23.2 Å². The number of alkyl halides is 3. The van der Waals surface area contributed by atoms with Gasteiger partial charge in [-0.25, -0.2) is 4.98 Å². The van der Waals surface area contributed by atoms with Gasteiger partial charge in [0.2, 0.25) is 0 Å². The van der Waals surface area contributed by atoms with Crippen molar-refractivity contribution in [2.75, 3.05) is 13.6 Å². The fraction of sp³-hybridized carbons (Fsp3) is 0.333. The minimum Gasteiger partial charge on any atom is -0.333 e. The van der Waals surface area contributed by atoms with Crippen LogP contribution < -0.4 is 0 Å². The van der Waals surface area contributed by atoms with Crippen LogP contribution in [0.1, 0.15) is 10.4 Å². The molecule has 6 nitrogen and oxygen atoms in total. The molecule has 1 heterocycles. The molecule has 0 saturated heterocycles. The minimum absolute atomic E-state index is 0.354. The third-order valence-corrected chi connectivity index (χ3v) is 2.33. The normalized spacial score (nSPS) is 11.2. The quantitative estimate of drug-likeness (QED) is 0.487. The van der Waals surface area contributed by atoms with Gasteiger partial charge in [0, 0.05) is 13.1 Å². The summed E-state index contributed by atoms with van der Waals surface area (Å²) < 4.78 is 36.4. The summed E-state index contributed by atoms with van der Waals surface area (Å²) in [5, 5.41) is 10.1. The number of rotatable bonds is 3. The first kappa shape index (κ1) is 15.2. The highest BCUT2D eigenvalue weighted by Crippen LogP contribution is 2.22. The molecule has 0 aromatic carbocycles. The molecule has 1 aromatic rings. The van der Waals surface area contributed by atoms with E-state index in [9.17, 15) is 28.1 Å². The maximum absolute atomic E-state index is 12.1. The molecule has 0 aliphatic heterocycles. The molecule has 0 spiro atoms. The molecule has 1 rings (SSSR count). The molecule has 1 amide bonds. The number of amides is 1. The van der Waals surface area contributed by atoms with E-state index in [2.05, 4.69) is 4.98 Å². The molecular weight excluding hydrogens is 291 g/mol. The highest BCUT2D eigenvalue weighted by Gasteiger charge is 2.32. The predicted octanol–water partition coefficient (Wildman–Crippen LogP) is 2.28. The Balaban J connectivity index is 3.05. The molecule has 10 heteroatoms. The van der Waals surface area contributed by atoms with Crippen molar-refractivity contribution in [1.29, 1.82) is 0 Å². The Morgan fingerprint density at radius 3 is 2.63 bits per heavy atom. The van der Waals surface area contributed by atoms with Gasteiger partial charge in [0.25, 0.3) is 11.6 Å². The summed E-state index contributed by atoms with van der Waals surface area (Å²) in [4.78, 5) is 25.1. The zero-order chi connectivity index (χ0) is 14.8. The summed E-state index contributed by atoms with van der Waals surface area (Å²) in [6, 6.07) is 0.782. The first-order valence-corrected chi connectivity index (χ1v) is 5.12. The van der Waals surface area contributed by atoms with Crippen molar-refractivity contribution in [3.05, 3.63) is 33.1 Å². The van der Waals surface area contributed by atoms with Crippen molar-refractivity contribution in [1.82, 2.24) is 9.88 Å². The monoisotopic (exact) mass is 297 g/mol. The molecule has 0 bridgehead atoms. The summed E-state index contributed by atoms with van der Waals surface area (Å²) in [7, 11) is 0.908. The Hall–Kier alpha value is -1.90. The standard InChI is InChI=1S/C9H7ClF3N3O3/c1-15(4-9(11,12)13)8(17)6-2-5(16(18)19)3-14-7(6)10/h2-3H,4H2,1H3. The average molecular weight is 298 g/mol. The third kappa shape index (κ3) is 4.05. The van der Waals surface area contributed by atoms with Gasteiger partial charge in [0.1, 0.15) is 17.9 Å². The molecule has 0 aliphatic carbocycles. The van der Waals surface area contributed by atoms with E-state index in [0.29, 0.717) is 4.90 Å². The van der Waals surface area contributed by atoms with Crippen LogP contribution in [0.2, 0.25) is 5.15 Å². The SMILES string of the molecule is CN(CC(F)(F)F)C(=O)c1cc([N+](=O)[O-])cnc1Cl. The van der Waals surface area contributed by atoms with Crippen LogP contribution in [0.25, 0.3) is 0 Å². The van der Waals surface area contributed by atoms with Crippen LogP contribution in [-0.4, -0.2) is 40.5 Å². The second-order valence-corrected chi connectivity index (χ2v) is 3.92. The van der Waals surface area contributed by atoms with E-state index in [1.54, 1.807) is 0 Å². The van der Waals surface area contributed by atoms with E-state index in [1.807, 2.05) is 0 Å². The Labute approximate surface area is 109 Å². The van der Waals surface area contributed by atoms with Crippen LogP contribution >= 0.6 is 11.6 Å². The molecule has 104 valence electrons. The van der Waals surface area contributed by atoms with E-state index < -0.39 is 40.0 Å². The molecule has 0 N–H and O–H groups in total. The molecule has 0 unspecified atom stereocenters. The lowest BCUT2D eigenvalue weighted by atomic mass is 10.2. The van der Waals surface area contributed by atoms with Crippen LogP contribution in [-0.2, 0) is 0 Å². The number of hydrogen-bond donors (Lipinski definition) is 0. The number of hydrogen-bond acceptors (Lipinski definition) is 4. The van der Waals surface area contributed by atoms with Crippen LogP contribution in [0.3, 0.4) is 0 Å². The number of nitro groups is 1. The molecule has 0 fully saturated rings. The number of pyridine rings is 1. The summed E-state index contributed by atoms with van der Waals surface area (Å²) in [6.45, 7) is -1.50. The fourth-order valence-electron chi connectivity index (χ4n) is 1.23. The summed E-state index contributed by atoms with van der Waals surface area (Å²) in [6.07, 6.45) is -3.77. The number of nitrogens with zero attached hydrogens (tertiary/aromatic N) is 3. The average Bonchev–Trinajstić information content (AvgIpc) is 2.26. The van der Waals surface area contributed by atoms with E-state index in [-0.39, 0.29) is 0 Å². The highest BCUT2D eigenvalue weighted by molar-refractivity contribution is 6.32. The zero-order valence-corrected chi connectivity index (χ0v) is 10.2. The lowest BCUT2D eigenvalue weighted by Gasteiger charge is -2.19. The van der Waals surface area contributed by atoms with Crippen LogP contribution in [0.5, 0.6) is 0 Å². The Kier molecular flexibility index (Phi) is 4.30. The van der Waals surface area contributed by atoms with Crippen molar-refractivity contribution in [2.24, 2.45) is 0 Å². The van der Waals surface area contributed by atoms with Gasteiger partial charge in [-0.2, -0.15) is 13.2 Å². The van der Waals surface area contributed by atoms with Crippen molar-refractivity contribution in [3.8, 4) is 0 Å². The molecular formula is C9H7ClF3N3O3. The van der Waals surface area contributed by atoms with Gasteiger partial charge < -0.3 is 4.90 Å². The number of halogens is 4. The Morgan fingerprint density at radius 1 is 1.58 bits per heavy atom. The summed E-state index contributed by atoms with van der Waals surface area (Å²) >= 11 is 5.55. The van der Waals surface area contributed by atoms with Gasteiger partial charge in [-0.1, -0.05) is 11.6 Å². The number of carbonyl (C=O) groups excluding carboxylic acids is 1. The van der Waals surface area contributed by atoms with Crippen molar-refractivity contribution < 1.29 is 22.9 Å². The lowest BCUT2D eigenvalue weighted by Crippen LogP contribution is -2.36. The van der Waals surface area contributed by atoms with Gasteiger partial charge in [0.15, 0.2) is 0 Å². The Morgan fingerprint density at radius 2 is 2.16 bits per heavy atom. The van der Waals surface area contributed by atoms with Crippen LogP contribution in [0, 0.1) is 10.1 Å². The van der Waals surface area contributed by atoms with Crippen LogP contribution in [0.15, 0.2) is 12.3 Å². The first-order valence-electron chi connectivity index (χ1n) is 4.74. The molecule has 19 heavy (non-hydrogen) atoms. The number of aromatic nitrogens is 1. The summed E-state index contributed by atoms with van der Waals surface area (Å²) in [5.74, 6) is -1.10. The lowest BCUT2D eigenvalue weighted by molar-refractivity contribution is -0.385. The number of carbonyl (C=O) groups is 1. The largest absolute Gasteiger partial charge is 0.406 e. The fourth-order valence-corrected chi connectivity index (χ4v) is 1.42. The second kappa shape index (κ2) is 5.39. The van der Waals surface area contributed by atoms with Crippen molar-refractivity contribution in [2.45, 2.75) is 6.18 Å². The summed E-state index contributed by atoms with van der Waals surface area (Å²) in [5.41, 5.74) is -0.990. The minimum atomic E-state index is -4.58. The van der Waals surface area contributed by atoms with Crippen LogP contribution in [0.4, 0.5) is 18.9 Å². The van der Waals surface area contributed by atoms with Gasteiger partial charge in [-0.05, 0) is 0 Å². The molecule has 0 aliphatic rings. The van der Waals surface area contributed by atoms with E-state index in [1.165, 1.54) is 0 Å². The second-order valence-electron chi connectivity index (χ2n) is 3.57. The molecule has 0 saturated carbocycles. The predicted molar refractivity (Wildman–Crippen MR) is 58.9 cm³/mol. The molecule has 1 aromatic heterocycles. The van der Waals surface area contributed by atoms with E-state index in [0.717, 1.165) is 19.3 Å². The highest BCUT2D eigenvalue weighted by atomic mass is 35.5. The first-order chi connectivity index (χ1) is 8.61. The molecule has 0 radical (unpaired) electrons. The Bertz CT molecular complexity index is 521. The maximum Gasteiger partial charge on any atom is 0.406 e.